The number of nitro groups is 1. The molecule has 0 saturated carbocycles. The number of phenols is 1. The van der Waals surface area contributed by atoms with Gasteiger partial charge >= 0.3 is 11.8 Å². The smallest absolute Gasteiger partial charge is 0.410 e. The highest BCUT2D eigenvalue weighted by Crippen LogP contribution is 2.36. The van der Waals surface area contributed by atoms with Gasteiger partial charge in [0.1, 0.15) is 11.3 Å². The highest BCUT2D eigenvalue weighted by atomic mass is 16.6. The molecule has 23 heavy (non-hydrogen) atoms. The molecule has 1 aliphatic rings. The lowest BCUT2D eigenvalue weighted by Gasteiger charge is -2.36. The fourth-order valence-corrected chi connectivity index (χ4v) is 2.42. The molecule has 2 rings (SSSR count). The SMILES string of the molecule is CC(C)(C)OC(=O)N1CCN(c2cccc(O)c2[N+](=O)[O-])CC1. The predicted molar refractivity (Wildman–Crippen MR) is 84.8 cm³/mol. The summed E-state index contributed by atoms with van der Waals surface area (Å²) >= 11 is 0. The zero-order chi connectivity index (χ0) is 17.2. The summed E-state index contributed by atoms with van der Waals surface area (Å²) < 4.78 is 5.32. The second-order valence-corrected chi connectivity index (χ2v) is 6.36. The number of carbonyl (C=O) groups excluding carboxylic acids is 1. The van der Waals surface area contributed by atoms with Crippen molar-refractivity contribution < 1.29 is 19.6 Å². The van der Waals surface area contributed by atoms with Crippen LogP contribution in [0.25, 0.3) is 0 Å². The van der Waals surface area contributed by atoms with Gasteiger partial charge in [-0.15, -0.1) is 0 Å². The van der Waals surface area contributed by atoms with Crippen LogP contribution in [0.4, 0.5) is 16.2 Å². The molecular formula is C15H21N3O5. The lowest BCUT2D eigenvalue weighted by atomic mass is 10.2. The molecule has 0 radical (unpaired) electrons. The number of hydrogen-bond acceptors (Lipinski definition) is 6. The zero-order valence-electron chi connectivity index (χ0n) is 13.5. The summed E-state index contributed by atoms with van der Waals surface area (Å²) in [5.41, 5.74) is -0.504. The van der Waals surface area contributed by atoms with E-state index in [-0.39, 0.29) is 17.5 Å². The van der Waals surface area contributed by atoms with Crippen LogP contribution in [0.5, 0.6) is 5.75 Å². The third kappa shape index (κ3) is 4.02. The van der Waals surface area contributed by atoms with Gasteiger partial charge in [0.15, 0.2) is 5.75 Å². The largest absolute Gasteiger partial charge is 0.502 e. The fraction of sp³-hybridized carbons (Fsp3) is 0.533. The van der Waals surface area contributed by atoms with Crippen LogP contribution >= 0.6 is 0 Å². The van der Waals surface area contributed by atoms with Crippen LogP contribution in [0.3, 0.4) is 0 Å². The van der Waals surface area contributed by atoms with Crippen molar-refractivity contribution in [1.29, 1.82) is 0 Å². The van der Waals surface area contributed by atoms with Crippen molar-refractivity contribution in [1.82, 2.24) is 4.90 Å². The third-order valence-electron chi connectivity index (χ3n) is 3.45. The average molecular weight is 323 g/mol. The number of rotatable bonds is 2. The molecule has 1 fully saturated rings. The lowest BCUT2D eigenvalue weighted by Crippen LogP contribution is -2.50. The van der Waals surface area contributed by atoms with Crippen molar-refractivity contribution in [3.8, 4) is 5.75 Å². The maximum atomic E-state index is 12.0. The fourth-order valence-electron chi connectivity index (χ4n) is 2.42. The number of hydrogen-bond donors (Lipinski definition) is 1. The van der Waals surface area contributed by atoms with Crippen LogP contribution in [0, 0.1) is 10.1 Å². The van der Waals surface area contributed by atoms with Gasteiger partial charge in [0.2, 0.25) is 0 Å². The molecule has 1 N–H and O–H groups in total. The molecule has 8 heteroatoms. The Bertz CT molecular complexity index is 604. The first-order valence-electron chi connectivity index (χ1n) is 7.38. The van der Waals surface area contributed by atoms with E-state index < -0.39 is 10.5 Å². The van der Waals surface area contributed by atoms with Crippen LogP contribution < -0.4 is 4.90 Å². The van der Waals surface area contributed by atoms with E-state index in [1.54, 1.807) is 42.7 Å². The number of amides is 1. The van der Waals surface area contributed by atoms with Gasteiger partial charge < -0.3 is 19.6 Å². The molecule has 1 aromatic carbocycles. The standard InChI is InChI=1S/C15H21N3O5/c1-15(2,3)23-14(20)17-9-7-16(8-10-17)11-5-4-6-12(19)13(11)18(21)22/h4-6,19H,7-10H2,1-3H3. The Balaban J connectivity index is 2.07. The second kappa shape index (κ2) is 6.31. The first-order valence-corrected chi connectivity index (χ1v) is 7.38. The van der Waals surface area contributed by atoms with Gasteiger partial charge in [-0.3, -0.25) is 10.1 Å². The summed E-state index contributed by atoms with van der Waals surface area (Å²) in [5.74, 6) is -0.359. The number of carbonyl (C=O) groups is 1. The van der Waals surface area contributed by atoms with E-state index in [1.807, 2.05) is 0 Å². The number of anilines is 1. The predicted octanol–water partition coefficient (Wildman–Crippen LogP) is 2.36. The van der Waals surface area contributed by atoms with Crippen LogP contribution in [0.15, 0.2) is 18.2 Å². The van der Waals surface area contributed by atoms with E-state index >= 15 is 0 Å². The highest BCUT2D eigenvalue weighted by molar-refractivity contribution is 5.71. The molecule has 1 aromatic rings. The number of phenolic OH excluding ortho intramolecular Hbond substituents is 1. The molecule has 0 bridgehead atoms. The van der Waals surface area contributed by atoms with Gasteiger partial charge in [0.25, 0.3) is 0 Å². The number of para-hydroxylation sites is 1. The Morgan fingerprint density at radius 1 is 1.26 bits per heavy atom. The van der Waals surface area contributed by atoms with Crippen molar-refractivity contribution >= 4 is 17.5 Å². The number of ether oxygens (including phenoxy) is 1. The number of nitrogens with zero attached hydrogens (tertiary/aromatic N) is 3. The molecule has 0 unspecified atom stereocenters. The Morgan fingerprint density at radius 2 is 1.87 bits per heavy atom. The normalized spacial score (nSPS) is 15.4. The number of piperazine rings is 1. The van der Waals surface area contributed by atoms with E-state index in [2.05, 4.69) is 0 Å². The second-order valence-electron chi connectivity index (χ2n) is 6.36. The first kappa shape index (κ1) is 16.9. The van der Waals surface area contributed by atoms with Crippen LogP contribution in [0.1, 0.15) is 20.8 Å². The molecular weight excluding hydrogens is 302 g/mol. The van der Waals surface area contributed by atoms with Crippen molar-refractivity contribution in [3.63, 3.8) is 0 Å². The van der Waals surface area contributed by atoms with E-state index in [1.165, 1.54) is 6.07 Å². The molecule has 8 nitrogen and oxygen atoms in total. The Kier molecular flexibility index (Phi) is 4.63. The Morgan fingerprint density at radius 3 is 2.39 bits per heavy atom. The lowest BCUT2D eigenvalue weighted by molar-refractivity contribution is -0.385. The molecule has 1 aliphatic heterocycles. The minimum absolute atomic E-state index is 0.307. The van der Waals surface area contributed by atoms with Gasteiger partial charge in [-0.2, -0.15) is 0 Å². The summed E-state index contributed by atoms with van der Waals surface area (Å²) in [7, 11) is 0. The Labute approximate surface area is 134 Å². The molecule has 0 atom stereocenters. The van der Waals surface area contributed by atoms with Crippen LogP contribution in [-0.4, -0.2) is 52.8 Å². The molecule has 1 heterocycles. The van der Waals surface area contributed by atoms with E-state index in [0.29, 0.717) is 31.9 Å². The molecule has 1 amide bonds. The third-order valence-corrected chi connectivity index (χ3v) is 3.45. The molecule has 0 aromatic heterocycles. The van der Waals surface area contributed by atoms with Crippen molar-refractivity contribution in [3.05, 3.63) is 28.3 Å². The van der Waals surface area contributed by atoms with Crippen molar-refractivity contribution in [2.24, 2.45) is 0 Å². The highest BCUT2D eigenvalue weighted by Gasteiger charge is 2.29. The molecule has 0 spiro atoms. The summed E-state index contributed by atoms with van der Waals surface area (Å²) in [4.78, 5) is 25.9. The summed E-state index contributed by atoms with van der Waals surface area (Å²) in [6, 6.07) is 4.46. The Hall–Kier alpha value is -2.51. The van der Waals surface area contributed by atoms with Crippen molar-refractivity contribution in [2.75, 3.05) is 31.1 Å². The summed E-state index contributed by atoms with van der Waals surface area (Å²) in [6.07, 6.45) is -0.387. The summed E-state index contributed by atoms with van der Waals surface area (Å²) in [5, 5.41) is 20.9. The number of aromatic hydroxyl groups is 1. The minimum Gasteiger partial charge on any atom is -0.502 e. The maximum Gasteiger partial charge on any atom is 0.410 e. The first-order chi connectivity index (χ1) is 10.7. The van der Waals surface area contributed by atoms with Gasteiger partial charge in [0.05, 0.1) is 4.92 Å². The number of benzene rings is 1. The van der Waals surface area contributed by atoms with Gasteiger partial charge in [0, 0.05) is 26.2 Å². The van der Waals surface area contributed by atoms with Gasteiger partial charge in [-0.05, 0) is 32.9 Å². The van der Waals surface area contributed by atoms with Crippen molar-refractivity contribution in [2.45, 2.75) is 26.4 Å². The molecule has 1 saturated heterocycles. The average Bonchev–Trinajstić information content (AvgIpc) is 2.45. The van der Waals surface area contributed by atoms with E-state index in [4.69, 9.17) is 4.74 Å². The minimum atomic E-state index is -0.592. The quantitative estimate of drug-likeness (QED) is 0.663. The van der Waals surface area contributed by atoms with Crippen LogP contribution in [0.2, 0.25) is 0 Å². The zero-order valence-corrected chi connectivity index (χ0v) is 13.5. The maximum absolute atomic E-state index is 12.0. The van der Waals surface area contributed by atoms with Crippen LogP contribution in [-0.2, 0) is 4.74 Å². The van der Waals surface area contributed by atoms with Gasteiger partial charge in [-0.25, -0.2) is 4.79 Å². The molecule has 126 valence electrons. The van der Waals surface area contributed by atoms with E-state index in [9.17, 15) is 20.0 Å². The van der Waals surface area contributed by atoms with E-state index in [0.717, 1.165) is 0 Å². The topological polar surface area (TPSA) is 96.2 Å². The monoisotopic (exact) mass is 323 g/mol. The molecule has 0 aliphatic carbocycles. The summed E-state index contributed by atoms with van der Waals surface area (Å²) in [6.45, 7) is 7.09. The number of nitro benzene ring substituents is 1. The van der Waals surface area contributed by atoms with Gasteiger partial charge in [-0.1, -0.05) is 6.07 Å².